The molecule has 0 radical (unpaired) electrons. The molecule has 0 heterocycles. The van der Waals surface area contributed by atoms with E-state index in [1.807, 2.05) is 0 Å². The minimum absolute atomic E-state index is 0.397. The first-order chi connectivity index (χ1) is 2.80. The Kier molecular flexibility index (Phi) is 1.06. The number of thiol groups is 1. The van der Waals surface area contributed by atoms with E-state index in [1.54, 1.807) is 0 Å². The molecule has 1 rings (SSSR count). The Morgan fingerprint density at radius 1 is 1.50 bits per heavy atom. The zero-order valence-corrected chi connectivity index (χ0v) is 4.49. The molecule has 0 aromatic rings. The summed E-state index contributed by atoms with van der Waals surface area (Å²) in [6.45, 7) is 0. The average molecular weight is 103 g/mol. The van der Waals surface area contributed by atoms with Crippen molar-refractivity contribution in [1.29, 1.82) is 0 Å². The van der Waals surface area contributed by atoms with Gasteiger partial charge in [-0.05, 0) is 12.8 Å². The van der Waals surface area contributed by atoms with Gasteiger partial charge in [0.15, 0.2) is 0 Å². The Morgan fingerprint density at radius 2 is 2.00 bits per heavy atom. The minimum atomic E-state index is 0.397. The molecule has 0 saturated heterocycles. The Balaban J connectivity index is 2.20. The predicted molar refractivity (Wildman–Crippen MR) is 30.0 cm³/mol. The number of nitrogens with two attached hydrogens (primary N) is 1. The molecule has 0 bridgehead atoms. The van der Waals surface area contributed by atoms with Crippen LogP contribution in [0.1, 0.15) is 12.8 Å². The third-order valence-electron chi connectivity index (χ3n) is 1.29. The first kappa shape index (κ1) is 4.47. The molecule has 2 atom stereocenters. The van der Waals surface area contributed by atoms with E-state index in [1.165, 1.54) is 12.8 Å². The van der Waals surface area contributed by atoms with E-state index in [0.717, 1.165) is 0 Å². The van der Waals surface area contributed by atoms with Gasteiger partial charge < -0.3 is 5.73 Å². The van der Waals surface area contributed by atoms with Gasteiger partial charge in [-0.15, -0.1) is 0 Å². The SMILES string of the molecule is NC1CCC1S. The van der Waals surface area contributed by atoms with Crippen LogP contribution in [0.3, 0.4) is 0 Å². The first-order valence-electron chi connectivity index (χ1n) is 2.24. The quantitative estimate of drug-likeness (QED) is 0.427. The van der Waals surface area contributed by atoms with Gasteiger partial charge in [-0.1, -0.05) is 0 Å². The fraction of sp³-hybridized carbons (Fsp3) is 1.00. The largest absolute Gasteiger partial charge is 0.327 e. The van der Waals surface area contributed by atoms with Gasteiger partial charge in [-0.3, -0.25) is 0 Å². The summed E-state index contributed by atoms with van der Waals surface area (Å²) in [5, 5.41) is 0.505. The highest BCUT2D eigenvalue weighted by molar-refractivity contribution is 7.81. The molecule has 0 aromatic heterocycles. The molecule has 2 unspecified atom stereocenters. The van der Waals surface area contributed by atoms with E-state index >= 15 is 0 Å². The lowest BCUT2D eigenvalue weighted by Crippen LogP contribution is -2.40. The van der Waals surface area contributed by atoms with Crippen molar-refractivity contribution in [3.63, 3.8) is 0 Å². The van der Waals surface area contributed by atoms with Gasteiger partial charge in [0, 0.05) is 11.3 Å². The van der Waals surface area contributed by atoms with E-state index in [4.69, 9.17) is 5.73 Å². The van der Waals surface area contributed by atoms with Gasteiger partial charge >= 0.3 is 0 Å². The molecule has 0 amide bonds. The molecule has 6 heavy (non-hydrogen) atoms. The van der Waals surface area contributed by atoms with Crippen molar-refractivity contribution in [3.8, 4) is 0 Å². The number of rotatable bonds is 0. The highest BCUT2D eigenvalue weighted by Crippen LogP contribution is 2.22. The van der Waals surface area contributed by atoms with Crippen LogP contribution in [-0.4, -0.2) is 11.3 Å². The van der Waals surface area contributed by atoms with Crippen LogP contribution in [0.4, 0.5) is 0 Å². The van der Waals surface area contributed by atoms with Crippen LogP contribution >= 0.6 is 12.6 Å². The first-order valence-corrected chi connectivity index (χ1v) is 2.76. The highest BCUT2D eigenvalue weighted by Gasteiger charge is 2.22. The Labute approximate surface area is 43.3 Å². The van der Waals surface area contributed by atoms with Crippen molar-refractivity contribution in [2.75, 3.05) is 0 Å². The predicted octanol–water partition coefficient (Wildman–Crippen LogP) is 0.406. The summed E-state index contributed by atoms with van der Waals surface area (Å²) in [6, 6.07) is 0.397. The van der Waals surface area contributed by atoms with Gasteiger partial charge in [0.25, 0.3) is 0 Å². The van der Waals surface area contributed by atoms with Crippen LogP contribution in [-0.2, 0) is 0 Å². The third kappa shape index (κ3) is 0.545. The third-order valence-corrected chi connectivity index (χ3v) is 1.93. The lowest BCUT2D eigenvalue weighted by Gasteiger charge is -2.28. The molecular weight excluding hydrogens is 94.1 g/mol. The summed E-state index contributed by atoms with van der Waals surface area (Å²) >= 11 is 4.15. The molecule has 36 valence electrons. The standard InChI is InChI=1S/C4H9NS/c5-3-1-2-4(3)6/h3-4,6H,1-2,5H2. The zero-order chi connectivity index (χ0) is 4.57. The molecule has 0 spiro atoms. The van der Waals surface area contributed by atoms with E-state index in [-0.39, 0.29) is 0 Å². The summed E-state index contributed by atoms with van der Waals surface area (Å²) in [5.74, 6) is 0. The summed E-state index contributed by atoms with van der Waals surface area (Å²) in [5.41, 5.74) is 5.45. The van der Waals surface area contributed by atoms with Crippen LogP contribution in [0, 0.1) is 0 Å². The van der Waals surface area contributed by atoms with Crippen LogP contribution in [0.2, 0.25) is 0 Å². The van der Waals surface area contributed by atoms with Gasteiger partial charge in [0.05, 0.1) is 0 Å². The Hall–Kier alpha value is 0.310. The molecular formula is C4H9NS. The van der Waals surface area contributed by atoms with Crippen molar-refractivity contribution in [2.24, 2.45) is 5.73 Å². The lowest BCUT2D eigenvalue weighted by atomic mass is 9.93. The van der Waals surface area contributed by atoms with E-state index < -0.39 is 0 Å². The van der Waals surface area contributed by atoms with Crippen LogP contribution < -0.4 is 5.73 Å². The molecule has 2 heteroatoms. The van der Waals surface area contributed by atoms with Gasteiger partial charge in [0.2, 0.25) is 0 Å². The van der Waals surface area contributed by atoms with E-state index in [0.29, 0.717) is 11.3 Å². The normalized spacial score (nSPS) is 45.0. The molecule has 1 aliphatic carbocycles. The fourth-order valence-electron chi connectivity index (χ4n) is 0.508. The molecule has 1 aliphatic rings. The summed E-state index contributed by atoms with van der Waals surface area (Å²) in [7, 11) is 0. The molecule has 0 aliphatic heterocycles. The van der Waals surface area contributed by atoms with Crippen LogP contribution in [0.15, 0.2) is 0 Å². The molecule has 0 aromatic carbocycles. The molecule has 1 nitrogen and oxygen atoms in total. The maximum Gasteiger partial charge on any atom is 0.0169 e. The van der Waals surface area contributed by atoms with Crippen molar-refractivity contribution in [2.45, 2.75) is 24.1 Å². The lowest BCUT2D eigenvalue weighted by molar-refractivity contribution is 0.436. The van der Waals surface area contributed by atoms with Gasteiger partial charge in [-0.2, -0.15) is 12.6 Å². The number of hydrogen-bond donors (Lipinski definition) is 2. The minimum Gasteiger partial charge on any atom is -0.327 e. The molecule has 1 fully saturated rings. The van der Waals surface area contributed by atoms with Gasteiger partial charge in [-0.25, -0.2) is 0 Å². The van der Waals surface area contributed by atoms with Crippen LogP contribution in [0.25, 0.3) is 0 Å². The summed E-state index contributed by atoms with van der Waals surface area (Å²) in [4.78, 5) is 0. The fourth-order valence-corrected chi connectivity index (χ4v) is 0.806. The monoisotopic (exact) mass is 103 g/mol. The van der Waals surface area contributed by atoms with Crippen molar-refractivity contribution >= 4 is 12.6 Å². The topological polar surface area (TPSA) is 26.0 Å². The second kappa shape index (κ2) is 1.43. The maximum atomic E-state index is 5.45. The van der Waals surface area contributed by atoms with E-state index in [9.17, 15) is 0 Å². The Bertz CT molecular complexity index is 47.5. The average Bonchev–Trinajstić information content (AvgIpc) is 1.61. The second-order valence-corrected chi connectivity index (χ2v) is 2.47. The summed E-state index contributed by atoms with van der Waals surface area (Å²) < 4.78 is 0. The zero-order valence-electron chi connectivity index (χ0n) is 3.59. The second-order valence-electron chi connectivity index (χ2n) is 1.81. The Morgan fingerprint density at radius 3 is 2.00 bits per heavy atom. The van der Waals surface area contributed by atoms with Gasteiger partial charge in [0.1, 0.15) is 0 Å². The highest BCUT2D eigenvalue weighted by atomic mass is 32.1. The smallest absolute Gasteiger partial charge is 0.0169 e. The van der Waals surface area contributed by atoms with Crippen LogP contribution in [0.5, 0.6) is 0 Å². The van der Waals surface area contributed by atoms with Crippen molar-refractivity contribution in [1.82, 2.24) is 0 Å². The maximum absolute atomic E-state index is 5.45. The van der Waals surface area contributed by atoms with Crippen molar-refractivity contribution in [3.05, 3.63) is 0 Å². The van der Waals surface area contributed by atoms with Crippen molar-refractivity contribution < 1.29 is 0 Å². The molecule has 2 N–H and O–H groups in total. The summed E-state index contributed by atoms with van der Waals surface area (Å²) in [6.07, 6.45) is 2.39. The molecule has 1 saturated carbocycles. The number of hydrogen-bond acceptors (Lipinski definition) is 2. The van der Waals surface area contributed by atoms with E-state index in [2.05, 4.69) is 12.6 Å².